The van der Waals surface area contributed by atoms with Crippen LogP contribution in [0, 0.1) is 6.92 Å². The fourth-order valence-corrected chi connectivity index (χ4v) is 4.10. The minimum absolute atomic E-state index is 0.104. The van der Waals surface area contributed by atoms with Crippen LogP contribution in [0.3, 0.4) is 0 Å². The summed E-state index contributed by atoms with van der Waals surface area (Å²) in [6.45, 7) is 1.89. The first kappa shape index (κ1) is 21.4. The monoisotopic (exact) mass is 449 g/mol. The highest BCUT2D eigenvalue weighted by Crippen LogP contribution is 2.41. The number of hydrogen-bond donors (Lipinski definition) is 2. The number of amides is 1. The van der Waals surface area contributed by atoms with Gasteiger partial charge in [0.2, 0.25) is 10.0 Å². The summed E-state index contributed by atoms with van der Waals surface area (Å²) in [7, 11) is -3.93. The molecule has 3 aromatic rings. The van der Waals surface area contributed by atoms with Crippen LogP contribution >= 0.6 is 0 Å². The van der Waals surface area contributed by atoms with Gasteiger partial charge in [-0.15, -0.1) is 0 Å². The quantitative estimate of drug-likeness (QED) is 0.358. The van der Waals surface area contributed by atoms with Crippen LogP contribution in [0.2, 0.25) is 0 Å². The molecule has 1 aromatic heterocycles. The molecule has 3 N–H and O–H groups in total. The summed E-state index contributed by atoms with van der Waals surface area (Å²) < 4.78 is 23.2. The van der Waals surface area contributed by atoms with Crippen molar-refractivity contribution in [2.24, 2.45) is 5.14 Å². The van der Waals surface area contributed by atoms with Crippen LogP contribution in [0.15, 0.2) is 83.4 Å². The summed E-state index contributed by atoms with van der Waals surface area (Å²) in [6.07, 6.45) is 1.52. The van der Waals surface area contributed by atoms with E-state index in [-0.39, 0.29) is 21.9 Å². The number of ketones is 1. The van der Waals surface area contributed by atoms with Gasteiger partial charge in [-0.1, -0.05) is 35.9 Å². The molecule has 0 radical (unpaired) electrons. The van der Waals surface area contributed by atoms with Gasteiger partial charge < -0.3 is 5.11 Å². The van der Waals surface area contributed by atoms with Gasteiger partial charge >= 0.3 is 0 Å². The molecule has 1 unspecified atom stereocenters. The summed E-state index contributed by atoms with van der Waals surface area (Å²) >= 11 is 0. The number of Topliss-reactive ketones (excluding diaryl/α,β-unsaturated/α-hetero) is 1. The second-order valence-electron chi connectivity index (χ2n) is 7.33. The first-order valence-electron chi connectivity index (χ1n) is 9.60. The molecule has 1 fully saturated rings. The lowest BCUT2D eigenvalue weighted by Crippen LogP contribution is -2.29. The largest absolute Gasteiger partial charge is 0.507 e. The van der Waals surface area contributed by atoms with Crippen molar-refractivity contribution in [3.63, 3.8) is 0 Å². The molecule has 0 saturated carbocycles. The predicted octanol–water partition coefficient (Wildman–Crippen LogP) is 2.66. The molecule has 1 aliphatic heterocycles. The fraction of sp³-hybridized carbons (Fsp3) is 0.0870. The van der Waals surface area contributed by atoms with E-state index in [1.165, 1.54) is 35.4 Å². The lowest BCUT2D eigenvalue weighted by molar-refractivity contribution is -0.132. The van der Waals surface area contributed by atoms with Crippen molar-refractivity contribution in [1.82, 2.24) is 4.98 Å². The van der Waals surface area contributed by atoms with Gasteiger partial charge in [0.05, 0.1) is 16.2 Å². The number of aryl methyl sites for hydroxylation is 1. The number of aromatic nitrogens is 1. The van der Waals surface area contributed by atoms with Crippen molar-refractivity contribution in [1.29, 1.82) is 0 Å². The van der Waals surface area contributed by atoms with E-state index < -0.39 is 27.8 Å². The van der Waals surface area contributed by atoms with Crippen LogP contribution < -0.4 is 10.0 Å². The third-order valence-corrected chi connectivity index (χ3v) is 6.11. The third-order valence-electron chi connectivity index (χ3n) is 5.18. The van der Waals surface area contributed by atoms with Gasteiger partial charge in [0.25, 0.3) is 11.7 Å². The standard InChI is InChI=1S/C23H19N3O5S/c1-14-5-7-15(8-6-14)21(27)19-20(18-4-2-3-13-25-18)26(23(29)22(19)28)16-9-11-17(12-10-16)32(24,30)31/h2-13,20,27H,1H3,(H2,24,30,31)/b21-19+. The number of anilines is 1. The first-order chi connectivity index (χ1) is 15.2. The number of primary sulfonamides is 1. The van der Waals surface area contributed by atoms with Crippen LogP contribution in [0.1, 0.15) is 22.9 Å². The van der Waals surface area contributed by atoms with E-state index in [0.717, 1.165) is 5.56 Å². The van der Waals surface area contributed by atoms with Crippen molar-refractivity contribution >= 4 is 33.2 Å². The van der Waals surface area contributed by atoms with Gasteiger partial charge in [-0.2, -0.15) is 0 Å². The SMILES string of the molecule is Cc1ccc(/C(O)=C2\C(=O)C(=O)N(c3ccc(S(N)(=O)=O)cc3)C2c2ccccn2)cc1. The molecule has 32 heavy (non-hydrogen) atoms. The van der Waals surface area contributed by atoms with Crippen LogP contribution in [0.4, 0.5) is 5.69 Å². The van der Waals surface area contributed by atoms with E-state index in [4.69, 9.17) is 5.14 Å². The zero-order valence-corrected chi connectivity index (χ0v) is 17.8. The summed E-state index contributed by atoms with van der Waals surface area (Å²) in [6, 6.07) is 16.2. The molecule has 1 aliphatic rings. The highest BCUT2D eigenvalue weighted by Gasteiger charge is 2.47. The molecule has 1 atom stereocenters. The van der Waals surface area contributed by atoms with Crippen molar-refractivity contribution in [2.45, 2.75) is 17.9 Å². The fourth-order valence-electron chi connectivity index (χ4n) is 3.58. The molecule has 1 saturated heterocycles. The zero-order valence-electron chi connectivity index (χ0n) is 17.0. The lowest BCUT2D eigenvalue weighted by Gasteiger charge is -2.24. The van der Waals surface area contributed by atoms with Crippen molar-refractivity contribution < 1.29 is 23.1 Å². The number of pyridine rings is 1. The Morgan fingerprint density at radius 2 is 1.66 bits per heavy atom. The summed E-state index contributed by atoms with van der Waals surface area (Å²) in [5.74, 6) is -2.05. The lowest BCUT2D eigenvalue weighted by atomic mass is 9.98. The Balaban J connectivity index is 1.90. The van der Waals surface area contributed by atoms with Crippen molar-refractivity contribution in [3.8, 4) is 0 Å². The molecule has 0 bridgehead atoms. The van der Waals surface area contributed by atoms with Crippen LogP contribution in [-0.4, -0.2) is 30.2 Å². The topological polar surface area (TPSA) is 131 Å². The number of carbonyl (C=O) groups is 2. The van der Waals surface area contributed by atoms with E-state index in [2.05, 4.69) is 4.98 Å². The summed E-state index contributed by atoms with van der Waals surface area (Å²) in [5.41, 5.74) is 1.89. The molecule has 0 aliphatic carbocycles. The zero-order chi connectivity index (χ0) is 23.0. The van der Waals surface area contributed by atoms with E-state index in [9.17, 15) is 23.1 Å². The summed E-state index contributed by atoms with van der Waals surface area (Å²) in [4.78, 5) is 31.4. The third kappa shape index (κ3) is 3.79. The molecule has 8 nitrogen and oxygen atoms in total. The van der Waals surface area contributed by atoms with Gasteiger partial charge in [0, 0.05) is 17.4 Å². The second kappa shape index (κ2) is 8.03. The molecule has 9 heteroatoms. The van der Waals surface area contributed by atoms with Gasteiger partial charge in [-0.3, -0.25) is 19.5 Å². The van der Waals surface area contributed by atoms with Crippen molar-refractivity contribution in [3.05, 3.63) is 95.3 Å². The number of sulfonamides is 1. The van der Waals surface area contributed by atoms with Gasteiger partial charge in [-0.05, 0) is 43.3 Å². The van der Waals surface area contributed by atoms with Crippen LogP contribution in [0.5, 0.6) is 0 Å². The number of hydrogen-bond acceptors (Lipinski definition) is 6. The predicted molar refractivity (Wildman–Crippen MR) is 118 cm³/mol. The van der Waals surface area contributed by atoms with E-state index in [0.29, 0.717) is 11.3 Å². The number of rotatable bonds is 4. The van der Waals surface area contributed by atoms with E-state index in [1.807, 2.05) is 6.92 Å². The number of benzene rings is 2. The summed E-state index contributed by atoms with van der Waals surface area (Å²) in [5, 5.41) is 16.2. The molecular weight excluding hydrogens is 430 g/mol. The maximum atomic E-state index is 13.0. The number of nitrogens with zero attached hydrogens (tertiary/aromatic N) is 2. The Morgan fingerprint density at radius 3 is 2.22 bits per heavy atom. The number of aliphatic hydroxyl groups excluding tert-OH is 1. The maximum Gasteiger partial charge on any atom is 0.300 e. The Bertz CT molecular complexity index is 1330. The average Bonchev–Trinajstić information content (AvgIpc) is 3.04. The molecule has 1 amide bonds. The minimum atomic E-state index is -3.93. The smallest absolute Gasteiger partial charge is 0.300 e. The Labute approximate surface area is 184 Å². The van der Waals surface area contributed by atoms with E-state index in [1.54, 1.807) is 42.5 Å². The molecule has 162 valence electrons. The molecule has 0 spiro atoms. The number of aliphatic hydroxyl groups is 1. The second-order valence-corrected chi connectivity index (χ2v) is 8.89. The number of carbonyl (C=O) groups excluding carboxylic acids is 2. The normalized spacial score (nSPS) is 18.2. The average molecular weight is 449 g/mol. The van der Waals surface area contributed by atoms with Gasteiger partial charge in [-0.25, -0.2) is 13.6 Å². The molecule has 2 heterocycles. The number of nitrogens with two attached hydrogens (primary N) is 1. The first-order valence-corrected chi connectivity index (χ1v) is 11.1. The maximum absolute atomic E-state index is 13.0. The van der Waals surface area contributed by atoms with Crippen LogP contribution in [-0.2, 0) is 19.6 Å². The van der Waals surface area contributed by atoms with Crippen LogP contribution in [0.25, 0.3) is 5.76 Å². The van der Waals surface area contributed by atoms with Gasteiger partial charge in [0.1, 0.15) is 11.8 Å². The van der Waals surface area contributed by atoms with Gasteiger partial charge in [0.15, 0.2) is 0 Å². The van der Waals surface area contributed by atoms with Crippen molar-refractivity contribution in [2.75, 3.05) is 4.90 Å². The highest BCUT2D eigenvalue weighted by atomic mass is 32.2. The Kier molecular flexibility index (Phi) is 5.37. The highest BCUT2D eigenvalue weighted by molar-refractivity contribution is 7.89. The Morgan fingerprint density at radius 1 is 1.00 bits per heavy atom. The molecular formula is C23H19N3O5S. The molecule has 2 aromatic carbocycles. The Hall–Kier alpha value is -3.82. The minimum Gasteiger partial charge on any atom is -0.507 e. The van der Waals surface area contributed by atoms with E-state index >= 15 is 0 Å². The molecule has 4 rings (SSSR count).